The Morgan fingerprint density at radius 1 is 1.14 bits per heavy atom. The highest BCUT2D eigenvalue weighted by molar-refractivity contribution is 7.80. The van der Waals surface area contributed by atoms with E-state index in [4.69, 9.17) is 12.2 Å². The van der Waals surface area contributed by atoms with E-state index >= 15 is 0 Å². The lowest BCUT2D eigenvalue weighted by molar-refractivity contribution is -0.120. The van der Waals surface area contributed by atoms with E-state index in [2.05, 4.69) is 10.3 Å². The summed E-state index contributed by atoms with van der Waals surface area (Å²) in [5.41, 5.74) is 0.419. The molecule has 3 fully saturated rings. The number of amides is 3. The standard InChI is InChI=1S/C25H18F2N6O2S/c26-17-6-3-7-18(27)16(17)10-30-24(36)31-12-13-8-20(31)22-23(34)33(25(35)32(13)22)21-11-29-19(9-28)14-4-1-2-5-15(14)21/h1-7,11,13,20,22H,8,10,12H2,(H,30,36). The molecule has 1 N–H and O–H groups in total. The first-order valence-corrected chi connectivity index (χ1v) is 11.7. The molecule has 1 aromatic heterocycles. The number of benzene rings is 2. The van der Waals surface area contributed by atoms with Crippen LogP contribution in [-0.2, 0) is 11.3 Å². The number of carbonyl (C=O) groups is 2. The molecule has 0 aliphatic carbocycles. The number of carbonyl (C=O) groups excluding carboxylic acids is 2. The maximum atomic E-state index is 14.0. The molecular weight excluding hydrogens is 486 g/mol. The van der Waals surface area contributed by atoms with Crippen molar-refractivity contribution >= 4 is 45.7 Å². The van der Waals surface area contributed by atoms with E-state index in [0.29, 0.717) is 29.4 Å². The van der Waals surface area contributed by atoms with Crippen molar-refractivity contribution in [3.8, 4) is 6.07 Å². The van der Waals surface area contributed by atoms with E-state index in [9.17, 15) is 23.6 Å². The van der Waals surface area contributed by atoms with Crippen molar-refractivity contribution in [1.29, 1.82) is 5.26 Å². The van der Waals surface area contributed by atoms with Crippen LogP contribution in [0.3, 0.4) is 0 Å². The van der Waals surface area contributed by atoms with Gasteiger partial charge in [0, 0.05) is 29.4 Å². The molecule has 11 heteroatoms. The lowest BCUT2D eigenvalue weighted by atomic mass is 10.1. The zero-order valence-electron chi connectivity index (χ0n) is 18.7. The number of urea groups is 1. The van der Waals surface area contributed by atoms with Gasteiger partial charge in [-0.1, -0.05) is 30.3 Å². The Morgan fingerprint density at radius 2 is 1.86 bits per heavy atom. The normalized spacial score (nSPS) is 22.4. The zero-order chi connectivity index (χ0) is 25.1. The molecule has 180 valence electrons. The highest BCUT2D eigenvalue weighted by atomic mass is 32.1. The lowest BCUT2D eigenvalue weighted by Crippen LogP contribution is -2.56. The Labute approximate surface area is 209 Å². The Bertz CT molecular complexity index is 1490. The Balaban J connectivity index is 1.26. The molecule has 4 heterocycles. The van der Waals surface area contributed by atoms with Gasteiger partial charge >= 0.3 is 6.03 Å². The minimum Gasteiger partial charge on any atom is -0.358 e. The Morgan fingerprint density at radius 3 is 2.58 bits per heavy atom. The van der Waals surface area contributed by atoms with Crippen molar-refractivity contribution < 1.29 is 18.4 Å². The number of nitrogens with one attached hydrogen (secondary N) is 1. The zero-order valence-corrected chi connectivity index (χ0v) is 19.5. The summed E-state index contributed by atoms with van der Waals surface area (Å²) in [4.78, 5) is 35.8. The Kier molecular flexibility index (Phi) is 5.08. The number of nitriles is 1. The van der Waals surface area contributed by atoms with Crippen molar-refractivity contribution in [1.82, 2.24) is 20.1 Å². The van der Waals surface area contributed by atoms with Crippen molar-refractivity contribution in [2.45, 2.75) is 31.1 Å². The van der Waals surface area contributed by atoms with Crippen LogP contribution >= 0.6 is 12.2 Å². The van der Waals surface area contributed by atoms with Crippen LogP contribution in [0.5, 0.6) is 0 Å². The van der Waals surface area contributed by atoms with Crippen molar-refractivity contribution in [2.75, 3.05) is 11.4 Å². The molecule has 3 amide bonds. The molecule has 3 aromatic rings. The fourth-order valence-electron chi connectivity index (χ4n) is 5.52. The molecule has 3 aliphatic heterocycles. The van der Waals surface area contributed by atoms with Crippen LogP contribution in [0.2, 0.25) is 0 Å². The number of anilines is 1. The molecular formula is C25H18F2N6O2S. The molecule has 6 rings (SSSR count). The SMILES string of the molecule is N#Cc1ncc(N2C(=O)C3C4CC(CN4C(=S)NCc4c(F)cccc4F)N3C2=O)c2ccccc12. The summed E-state index contributed by atoms with van der Waals surface area (Å²) >= 11 is 5.51. The second-order valence-electron chi connectivity index (χ2n) is 8.93. The van der Waals surface area contributed by atoms with E-state index < -0.39 is 29.6 Å². The summed E-state index contributed by atoms with van der Waals surface area (Å²) in [6, 6.07) is 10.9. The molecule has 8 nitrogen and oxygen atoms in total. The summed E-state index contributed by atoms with van der Waals surface area (Å²) in [6.07, 6.45) is 1.95. The molecule has 3 aliphatic rings. The molecule has 0 radical (unpaired) electrons. The molecule has 3 saturated heterocycles. The predicted octanol–water partition coefficient (Wildman–Crippen LogP) is 3.05. The maximum absolute atomic E-state index is 14.0. The number of thiocarbonyl (C=S) groups is 1. The quantitative estimate of drug-likeness (QED) is 0.433. The third-order valence-electron chi connectivity index (χ3n) is 7.12. The fourth-order valence-corrected chi connectivity index (χ4v) is 5.81. The van der Waals surface area contributed by atoms with Crippen molar-refractivity contribution in [3.05, 3.63) is 71.6 Å². The van der Waals surface area contributed by atoms with E-state index in [1.807, 2.05) is 11.0 Å². The topological polar surface area (TPSA) is 92.6 Å². The fraction of sp³-hybridized carbons (Fsp3) is 0.240. The molecule has 3 unspecified atom stereocenters. The number of likely N-dealkylation sites (tertiary alicyclic amines) is 1. The number of fused-ring (bicyclic) bond motifs is 6. The van der Waals surface area contributed by atoms with E-state index in [-0.39, 0.29) is 35.0 Å². The third-order valence-corrected chi connectivity index (χ3v) is 7.50. The summed E-state index contributed by atoms with van der Waals surface area (Å²) in [5, 5.41) is 13.7. The smallest absolute Gasteiger partial charge is 0.332 e. The monoisotopic (exact) mass is 504 g/mol. The molecule has 2 aromatic carbocycles. The first-order chi connectivity index (χ1) is 17.4. The van der Waals surface area contributed by atoms with Gasteiger partial charge in [-0.3, -0.25) is 4.79 Å². The molecule has 2 bridgehead atoms. The van der Waals surface area contributed by atoms with Crippen LogP contribution < -0.4 is 10.2 Å². The summed E-state index contributed by atoms with van der Waals surface area (Å²) in [7, 11) is 0. The van der Waals surface area contributed by atoms with Gasteiger partial charge in [0.05, 0.1) is 24.0 Å². The van der Waals surface area contributed by atoms with Crippen LogP contribution in [0.1, 0.15) is 17.7 Å². The molecule has 3 atom stereocenters. The Hall–Kier alpha value is -4.17. The van der Waals surface area contributed by atoms with Gasteiger partial charge in [-0.05, 0) is 30.8 Å². The number of rotatable bonds is 3. The van der Waals surface area contributed by atoms with Gasteiger partial charge in [-0.25, -0.2) is 23.5 Å². The molecule has 0 saturated carbocycles. The minimum absolute atomic E-state index is 0.121. The number of piperazine rings is 1. The predicted molar refractivity (Wildman–Crippen MR) is 130 cm³/mol. The number of nitrogens with zero attached hydrogens (tertiary/aromatic N) is 5. The van der Waals surface area contributed by atoms with Crippen molar-refractivity contribution in [3.63, 3.8) is 0 Å². The second-order valence-corrected chi connectivity index (χ2v) is 9.31. The first-order valence-electron chi connectivity index (χ1n) is 11.3. The lowest BCUT2D eigenvalue weighted by Gasteiger charge is -2.36. The summed E-state index contributed by atoms with van der Waals surface area (Å²) in [6.45, 7) is 0.271. The van der Waals surface area contributed by atoms with Gasteiger partial charge in [0.2, 0.25) is 0 Å². The number of pyridine rings is 1. The number of hydrogen-bond acceptors (Lipinski definition) is 5. The molecule has 36 heavy (non-hydrogen) atoms. The number of halogens is 2. The van der Waals surface area contributed by atoms with Crippen LogP contribution in [0.4, 0.5) is 19.3 Å². The van der Waals surface area contributed by atoms with E-state index in [1.165, 1.54) is 24.4 Å². The minimum atomic E-state index is -0.740. The number of aromatic nitrogens is 1. The van der Waals surface area contributed by atoms with Crippen LogP contribution in [0.15, 0.2) is 48.7 Å². The van der Waals surface area contributed by atoms with Crippen LogP contribution in [-0.4, -0.2) is 56.5 Å². The van der Waals surface area contributed by atoms with Gasteiger partial charge in [0.1, 0.15) is 29.4 Å². The molecule has 0 spiro atoms. The van der Waals surface area contributed by atoms with E-state index in [0.717, 1.165) is 4.90 Å². The van der Waals surface area contributed by atoms with Gasteiger partial charge < -0.3 is 15.1 Å². The van der Waals surface area contributed by atoms with Gasteiger partial charge in [-0.2, -0.15) is 5.26 Å². The van der Waals surface area contributed by atoms with Crippen molar-refractivity contribution in [2.24, 2.45) is 0 Å². The highest BCUT2D eigenvalue weighted by Crippen LogP contribution is 2.43. The van der Waals surface area contributed by atoms with Gasteiger partial charge in [0.25, 0.3) is 5.91 Å². The summed E-state index contributed by atoms with van der Waals surface area (Å²) < 4.78 is 28.0. The third kappa shape index (κ3) is 3.14. The second kappa shape index (κ2) is 8.20. The average Bonchev–Trinajstić information content (AvgIpc) is 3.54. The van der Waals surface area contributed by atoms with Gasteiger partial charge in [0.15, 0.2) is 5.11 Å². The largest absolute Gasteiger partial charge is 0.358 e. The highest BCUT2D eigenvalue weighted by Gasteiger charge is 2.62. The average molecular weight is 505 g/mol. The number of imide groups is 1. The number of hydrogen-bond donors (Lipinski definition) is 1. The first kappa shape index (κ1) is 22.3. The maximum Gasteiger partial charge on any atom is 0.332 e. The summed E-state index contributed by atoms with van der Waals surface area (Å²) in [5.74, 6) is -1.73. The van der Waals surface area contributed by atoms with Crippen LogP contribution in [0.25, 0.3) is 10.8 Å². The van der Waals surface area contributed by atoms with E-state index in [1.54, 1.807) is 29.2 Å². The van der Waals surface area contributed by atoms with Crippen LogP contribution in [0, 0.1) is 23.0 Å². The van der Waals surface area contributed by atoms with Gasteiger partial charge in [-0.15, -0.1) is 0 Å².